The van der Waals surface area contributed by atoms with Crippen LogP contribution in [0.5, 0.6) is 0 Å². The molecule has 0 fully saturated rings. The summed E-state index contributed by atoms with van der Waals surface area (Å²) in [5, 5.41) is 4.71. The number of benzene rings is 4. The molecule has 0 atom stereocenters. The van der Waals surface area contributed by atoms with Gasteiger partial charge in [0.15, 0.2) is 0 Å². The number of fused-ring (bicyclic) bond motifs is 2. The number of hydrogen-bond acceptors (Lipinski definition) is 2. The molecule has 1 heterocycles. The lowest BCUT2D eigenvalue weighted by atomic mass is 10.1. The zero-order chi connectivity index (χ0) is 21.2. The number of nitrogens with one attached hydrogen (secondary N) is 1. The average molecular weight is 402 g/mol. The summed E-state index contributed by atoms with van der Waals surface area (Å²) in [5.41, 5.74) is 5.84. The lowest BCUT2D eigenvalue weighted by Gasteiger charge is -2.05. The molecule has 0 radical (unpaired) electrons. The Morgan fingerprint density at radius 1 is 0.516 bits per heavy atom. The van der Waals surface area contributed by atoms with E-state index in [1.165, 1.54) is 10.8 Å². The molecular formula is C28H23N3. The topological polar surface area (TPSA) is 40.5 Å². The van der Waals surface area contributed by atoms with Crippen molar-refractivity contribution in [1.82, 2.24) is 4.98 Å². The zero-order valence-electron chi connectivity index (χ0n) is 17.6. The van der Waals surface area contributed by atoms with Gasteiger partial charge < -0.3 is 4.98 Å². The molecule has 0 aliphatic heterocycles. The Labute approximate surface area is 181 Å². The minimum atomic E-state index is 0.945. The molecule has 3 nitrogen and oxygen atoms in total. The van der Waals surface area contributed by atoms with E-state index in [-0.39, 0.29) is 0 Å². The van der Waals surface area contributed by atoms with Crippen molar-refractivity contribution in [3.63, 3.8) is 0 Å². The number of nitrogens with zero attached hydrogens (tertiary/aromatic N) is 2. The predicted molar refractivity (Wildman–Crippen MR) is 132 cm³/mol. The van der Waals surface area contributed by atoms with Gasteiger partial charge in [0.05, 0.1) is 34.2 Å². The maximum Gasteiger partial charge on any atom is 0.0712 e. The molecule has 0 saturated heterocycles. The van der Waals surface area contributed by atoms with Gasteiger partial charge in [-0.25, -0.2) is 0 Å². The number of aliphatic imine (C=N–C) groups is 2. The van der Waals surface area contributed by atoms with Crippen molar-refractivity contribution in [1.29, 1.82) is 0 Å². The third kappa shape index (κ3) is 3.78. The van der Waals surface area contributed by atoms with Crippen LogP contribution in [0.25, 0.3) is 21.5 Å². The lowest BCUT2D eigenvalue weighted by molar-refractivity contribution is 1.31. The fraction of sp³-hybridized carbons (Fsp3) is 0.0714. The van der Waals surface area contributed by atoms with Gasteiger partial charge in [-0.15, -0.1) is 0 Å². The van der Waals surface area contributed by atoms with Crippen LogP contribution in [0, 0.1) is 0 Å². The Balaban J connectivity index is 1.48. The second-order valence-electron chi connectivity index (χ2n) is 7.68. The van der Waals surface area contributed by atoms with E-state index in [4.69, 9.17) is 9.98 Å². The van der Waals surface area contributed by atoms with E-state index < -0.39 is 0 Å². The lowest BCUT2D eigenvalue weighted by Crippen LogP contribution is -1.99. The Bertz CT molecular complexity index is 1330. The summed E-state index contributed by atoms with van der Waals surface area (Å²) in [4.78, 5) is 13.3. The van der Waals surface area contributed by atoms with Gasteiger partial charge in [-0.05, 0) is 48.9 Å². The Hall–Kier alpha value is -3.98. The molecule has 5 rings (SSSR count). The first-order valence-corrected chi connectivity index (χ1v) is 10.4. The number of hydrogen-bond donors (Lipinski definition) is 1. The summed E-state index contributed by atoms with van der Waals surface area (Å²) in [6, 6.07) is 33.3. The molecule has 1 aromatic heterocycles. The van der Waals surface area contributed by atoms with E-state index in [0.717, 1.165) is 45.0 Å². The first-order valence-electron chi connectivity index (χ1n) is 10.4. The molecule has 0 aliphatic rings. The molecule has 0 bridgehead atoms. The summed E-state index contributed by atoms with van der Waals surface area (Å²) in [6.45, 7) is 4.07. The van der Waals surface area contributed by atoms with Crippen molar-refractivity contribution in [2.45, 2.75) is 13.8 Å². The van der Waals surface area contributed by atoms with Crippen LogP contribution in [0.2, 0.25) is 0 Å². The largest absolute Gasteiger partial charge is 0.353 e. The predicted octanol–water partition coefficient (Wildman–Crippen LogP) is 7.60. The van der Waals surface area contributed by atoms with E-state index in [1.54, 1.807) is 0 Å². The molecular weight excluding hydrogens is 378 g/mol. The number of aromatic amines is 1. The highest BCUT2D eigenvalue weighted by Crippen LogP contribution is 2.28. The third-order valence-electron chi connectivity index (χ3n) is 5.58. The SMILES string of the molecule is CC(=Nc1cccc2ccccc12)c1ccc(C(C)=Nc2cccc3ccccc23)[nH]1. The first-order chi connectivity index (χ1) is 15.2. The maximum atomic E-state index is 4.90. The molecule has 1 N–H and O–H groups in total. The fourth-order valence-electron chi connectivity index (χ4n) is 3.91. The van der Waals surface area contributed by atoms with Crippen molar-refractivity contribution in [3.8, 4) is 0 Å². The van der Waals surface area contributed by atoms with E-state index in [2.05, 4.69) is 102 Å². The highest BCUT2D eigenvalue weighted by molar-refractivity contribution is 6.06. The molecule has 0 spiro atoms. The Morgan fingerprint density at radius 2 is 0.935 bits per heavy atom. The molecule has 5 aromatic rings. The quantitative estimate of drug-likeness (QED) is 0.301. The summed E-state index contributed by atoms with van der Waals surface area (Å²) in [7, 11) is 0. The van der Waals surface area contributed by atoms with Crippen LogP contribution in [-0.2, 0) is 0 Å². The van der Waals surface area contributed by atoms with Crippen LogP contribution in [-0.4, -0.2) is 16.4 Å². The minimum absolute atomic E-state index is 0.945. The molecule has 0 unspecified atom stereocenters. The normalized spacial score (nSPS) is 12.6. The molecule has 0 aliphatic carbocycles. The monoisotopic (exact) mass is 401 g/mol. The van der Waals surface area contributed by atoms with Crippen molar-refractivity contribution in [2.24, 2.45) is 9.98 Å². The van der Waals surface area contributed by atoms with Gasteiger partial charge in [0.1, 0.15) is 0 Å². The van der Waals surface area contributed by atoms with E-state index in [0.29, 0.717) is 0 Å². The first kappa shape index (κ1) is 19.0. The van der Waals surface area contributed by atoms with Gasteiger partial charge >= 0.3 is 0 Å². The summed E-state index contributed by atoms with van der Waals surface area (Å²) in [6.07, 6.45) is 0. The minimum Gasteiger partial charge on any atom is -0.353 e. The Morgan fingerprint density at radius 3 is 1.42 bits per heavy atom. The summed E-state index contributed by atoms with van der Waals surface area (Å²) >= 11 is 0. The molecule has 150 valence electrons. The fourth-order valence-corrected chi connectivity index (χ4v) is 3.91. The summed E-state index contributed by atoms with van der Waals surface area (Å²) in [5.74, 6) is 0. The van der Waals surface area contributed by atoms with Crippen LogP contribution in [0.4, 0.5) is 11.4 Å². The van der Waals surface area contributed by atoms with Gasteiger partial charge in [0.2, 0.25) is 0 Å². The third-order valence-corrected chi connectivity index (χ3v) is 5.58. The van der Waals surface area contributed by atoms with Gasteiger partial charge in [-0.1, -0.05) is 72.8 Å². The van der Waals surface area contributed by atoms with Gasteiger partial charge in [-0.2, -0.15) is 0 Å². The number of aromatic nitrogens is 1. The average Bonchev–Trinajstić information content (AvgIpc) is 3.30. The van der Waals surface area contributed by atoms with E-state index >= 15 is 0 Å². The molecule has 4 aromatic carbocycles. The molecule has 3 heteroatoms. The second kappa shape index (κ2) is 8.04. The van der Waals surface area contributed by atoms with Crippen LogP contribution >= 0.6 is 0 Å². The smallest absolute Gasteiger partial charge is 0.0712 e. The van der Waals surface area contributed by atoms with Crippen LogP contribution in [0.15, 0.2) is 107 Å². The highest BCUT2D eigenvalue weighted by atomic mass is 14.8. The Kier molecular flexibility index (Phi) is 4.93. The second-order valence-corrected chi connectivity index (χ2v) is 7.68. The molecule has 31 heavy (non-hydrogen) atoms. The molecule has 0 saturated carbocycles. The van der Waals surface area contributed by atoms with Crippen LogP contribution in [0.3, 0.4) is 0 Å². The van der Waals surface area contributed by atoms with Gasteiger partial charge in [0.25, 0.3) is 0 Å². The highest BCUT2D eigenvalue weighted by Gasteiger charge is 2.07. The van der Waals surface area contributed by atoms with Gasteiger partial charge in [0, 0.05) is 10.8 Å². The van der Waals surface area contributed by atoms with Gasteiger partial charge in [-0.3, -0.25) is 9.98 Å². The van der Waals surface area contributed by atoms with Crippen LogP contribution in [0.1, 0.15) is 25.2 Å². The van der Waals surface area contributed by atoms with E-state index in [9.17, 15) is 0 Å². The van der Waals surface area contributed by atoms with Crippen molar-refractivity contribution in [3.05, 3.63) is 108 Å². The van der Waals surface area contributed by atoms with Crippen molar-refractivity contribution >= 4 is 44.3 Å². The number of rotatable bonds is 4. The number of H-pyrrole nitrogens is 1. The van der Waals surface area contributed by atoms with Crippen molar-refractivity contribution < 1.29 is 0 Å². The standard InChI is InChI=1S/C28H23N3/c1-19(29-27-15-7-11-21-9-3-5-13-23(21)27)25-17-18-26(31-25)20(2)30-28-16-8-12-22-10-4-6-14-24(22)28/h3-18,31H,1-2H3. The zero-order valence-corrected chi connectivity index (χ0v) is 17.6. The van der Waals surface area contributed by atoms with Crippen LogP contribution < -0.4 is 0 Å². The van der Waals surface area contributed by atoms with E-state index in [1.807, 2.05) is 13.8 Å². The summed E-state index contributed by atoms with van der Waals surface area (Å²) < 4.78 is 0. The molecule has 0 amide bonds. The maximum absolute atomic E-state index is 4.90. The van der Waals surface area contributed by atoms with Crippen molar-refractivity contribution in [2.75, 3.05) is 0 Å².